The van der Waals surface area contributed by atoms with E-state index in [2.05, 4.69) is 0 Å². The molecule has 192 valence electrons. The highest BCUT2D eigenvalue weighted by molar-refractivity contribution is 8.18. The third kappa shape index (κ3) is 5.49. The van der Waals surface area contributed by atoms with E-state index < -0.39 is 0 Å². The van der Waals surface area contributed by atoms with Crippen LogP contribution in [0.15, 0.2) is 124 Å². The number of carbonyl (C=O) groups excluding carboxylic acids is 1. The van der Waals surface area contributed by atoms with Crippen molar-refractivity contribution in [2.45, 2.75) is 13.2 Å². The number of ether oxygens (including phenoxy) is 1. The van der Waals surface area contributed by atoms with Gasteiger partial charge in [0.15, 0.2) is 5.17 Å². The fourth-order valence-electron chi connectivity index (χ4n) is 4.33. The normalized spacial score (nSPS) is 15.5. The molecule has 0 saturated carbocycles. The highest BCUT2D eigenvalue weighted by Crippen LogP contribution is 2.38. The molecular formula is C32H23FN2O3S. The molecule has 1 aliphatic heterocycles. The number of amides is 1. The zero-order valence-electron chi connectivity index (χ0n) is 20.8. The number of benzene rings is 4. The number of amidine groups is 1. The molecule has 1 aliphatic rings. The van der Waals surface area contributed by atoms with E-state index >= 15 is 0 Å². The largest absolute Gasteiger partial charge is 0.488 e. The van der Waals surface area contributed by atoms with Gasteiger partial charge in [0.05, 0.1) is 23.4 Å². The van der Waals surface area contributed by atoms with Gasteiger partial charge in [0, 0.05) is 5.56 Å². The van der Waals surface area contributed by atoms with Gasteiger partial charge in [0.1, 0.15) is 23.9 Å². The van der Waals surface area contributed by atoms with Gasteiger partial charge in [-0.25, -0.2) is 9.38 Å². The van der Waals surface area contributed by atoms with E-state index in [1.54, 1.807) is 29.4 Å². The summed E-state index contributed by atoms with van der Waals surface area (Å²) in [6, 6.07) is 31.3. The van der Waals surface area contributed by atoms with Crippen LogP contribution in [0, 0.1) is 5.82 Å². The summed E-state index contributed by atoms with van der Waals surface area (Å²) in [4.78, 5) is 20.7. The van der Waals surface area contributed by atoms with E-state index in [0.717, 1.165) is 27.6 Å². The Labute approximate surface area is 229 Å². The first kappa shape index (κ1) is 24.7. The predicted molar refractivity (Wildman–Crippen MR) is 153 cm³/mol. The average Bonchev–Trinajstić information content (AvgIpc) is 3.58. The second-order valence-corrected chi connectivity index (χ2v) is 9.93. The van der Waals surface area contributed by atoms with Gasteiger partial charge in [-0.05, 0) is 76.6 Å². The molecule has 0 atom stereocenters. The second kappa shape index (κ2) is 11.0. The Bertz CT molecular complexity index is 1680. The number of furan rings is 1. The molecule has 0 N–H and O–H groups in total. The first-order valence-corrected chi connectivity index (χ1v) is 13.2. The van der Waals surface area contributed by atoms with Gasteiger partial charge >= 0.3 is 0 Å². The number of para-hydroxylation sites is 1. The maximum Gasteiger partial charge on any atom is 0.267 e. The summed E-state index contributed by atoms with van der Waals surface area (Å²) in [6.07, 6.45) is 3.46. The van der Waals surface area contributed by atoms with Crippen LogP contribution in [0.2, 0.25) is 0 Å². The van der Waals surface area contributed by atoms with Crippen LogP contribution in [0.25, 0.3) is 16.8 Å². The molecule has 5 nitrogen and oxygen atoms in total. The van der Waals surface area contributed by atoms with E-state index in [-0.39, 0.29) is 24.9 Å². The minimum Gasteiger partial charge on any atom is -0.488 e. The number of rotatable bonds is 7. The predicted octanol–water partition coefficient (Wildman–Crippen LogP) is 7.96. The summed E-state index contributed by atoms with van der Waals surface area (Å²) in [5, 5.41) is 2.56. The first-order valence-electron chi connectivity index (χ1n) is 12.4. The summed E-state index contributed by atoms with van der Waals surface area (Å²) >= 11 is 1.32. The van der Waals surface area contributed by atoms with E-state index in [1.165, 1.54) is 23.9 Å². The van der Waals surface area contributed by atoms with Gasteiger partial charge in [0.25, 0.3) is 5.91 Å². The number of hydrogen-bond donors (Lipinski definition) is 0. The quantitative estimate of drug-likeness (QED) is 0.199. The molecule has 0 radical (unpaired) electrons. The second-order valence-electron chi connectivity index (χ2n) is 8.92. The van der Waals surface area contributed by atoms with Crippen LogP contribution in [-0.2, 0) is 17.9 Å². The smallest absolute Gasteiger partial charge is 0.267 e. The van der Waals surface area contributed by atoms with E-state index in [4.69, 9.17) is 14.1 Å². The molecule has 2 heterocycles. The van der Waals surface area contributed by atoms with Crippen molar-refractivity contribution < 1.29 is 18.3 Å². The fraction of sp³-hybridized carbons (Fsp3) is 0.0625. The minimum atomic E-state index is -0.293. The lowest BCUT2D eigenvalue weighted by molar-refractivity contribution is -0.122. The number of nitrogens with zero attached hydrogens (tertiary/aromatic N) is 2. The molecule has 6 rings (SSSR count). The summed E-state index contributed by atoms with van der Waals surface area (Å²) < 4.78 is 25.1. The maximum absolute atomic E-state index is 13.7. The number of carbonyl (C=O) groups is 1. The molecule has 1 amide bonds. The topological polar surface area (TPSA) is 55.0 Å². The SMILES string of the molecule is O=C1/C(=C\c2c(OCc3ccc(F)cc3)ccc3ccccc23)SC(=Nc2ccccc2)N1Cc1ccco1. The number of thioether (sulfide) groups is 1. The number of halogens is 1. The highest BCUT2D eigenvalue weighted by Gasteiger charge is 2.34. The lowest BCUT2D eigenvalue weighted by Gasteiger charge is -2.14. The van der Waals surface area contributed by atoms with Crippen molar-refractivity contribution in [1.82, 2.24) is 4.90 Å². The van der Waals surface area contributed by atoms with Crippen LogP contribution in [0.1, 0.15) is 16.9 Å². The molecule has 39 heavy (non-hydrogen) atoms. The Morgan fingerprint density at radius 3 is 2.49 bits per heavy atom. The van der Waals surface area contributed by atoms with Crippen molar-refractivity contribution in [2.75, 3.05) is 0 Å². The molecule has 0 spiro atoms. The van der Waals surface area contributed by atoms with Gasteiger partial charge in [-0.1, -0.05) is 60.7 Å². The summed E-state index contributed by atoms with van der Waals surface area (Å²) in [5.74, 6) is 0.839. The Morgan fingerprint density at radius 2 is 1.69 bits per heavy atom. The van der Waals surface area contributed by atoms with E-state index in [0.29, 0.717) is 21.6 Å². The Morgan fingerprint density at radius 1 is 0.897 bits per heavy atom. The van der Waals surface area contributed by atoms with Crippen LogP contribution in [0.4, 0.5) is 10.1 Å². The molecule has 0 bridgehead atoms. The minimum absolute atomic E-state index is 0.163. The zero-order valence-corrected chi connectivity index (χ0v) is 21.6. The van der Waals surface area contributed by atoms with Crippen molar-refractivity contribution in [3.05, 3.63) is 137 Å². The fourth-order valence-corrected chi connectivity index (χ4v) is 5.30. The van der Waals surface area contributed by atoms with Crippen LogP contribution < -0.4 is 4.74 Å². The lowest BCUT2D eigenvalue weighted by atomic mass is 10.0. The maximum atomic E-state index is 13.7. The van der Waals surface area contributed by atoms with Gasteiger partial charge < -0.3 is 9.15 Å². The molecule has 5 aromatic rings. The molecule has 1 fully saturated rings. The van der Waals surface area contributed by atoms with Crippen LogP contribution in [-0.4, -0.2) is 16.0 Å². The van der Waals surface area contributed by atoms with Crippen molar-refractivity contribution >= 4 is 45.4 Å². The molecule has 7 heteroatoms. The van der Waals surface area contributed by atoms with Crippen LogP contribution >= 0.6 is 11.8 Å². The number of fused-ring (bicyclic) bond motifs is 1. The summed E-state index contributed by atoms with van der Waals surface area (Å²) in [7, 11) is 0. The van der Waals surface area contributed by atoms with Gasteiger partial charge in [-0.3, -0.25) is 9.69 Å². The molecular weight excluding hydrogens is 511 g/mol. The standard InChI is InChI=1S/C32H23FN2O3S/c33-24-15-12-22(13-16-24)21-38-29-17-14-23-7-4-5-11-27(23)28(29)19-30-31(36)35(20-26-10-6-18-37-26)32(39-30)34-25-8-2-1-3-9-25/h1-19H,20-21H2/b30-19+,34-32?. The Kier molecular flexibility index (Phi) is 6.97. The molecule has 4 aromatic carbocycles. The first-order chi connectivity index (χ1) is 19.1. The third-order valence-electron chi connectivity index (χ3n) is 6.28. The van der Waals surface area contributed by atoms with Crippen molar-refractivity contribution in [2.24, 2.45) is 4.99 Å². The van der Waals surface area contributed by atoms with Crippen LogP contribution in [0.5, 0.6) is 5.75 Å². The van der Waals surface area contributed by atoms with E-state index in [1.807, 2.05) is 78.9 Å². The number of aliphatic imine (C=N–C) groups is 1. The van der Waals surface area contributed by atoms with Crippen molar-refractivity contribution in [1.29, 1.82) is 0 Å². The number of hydrogen-bond acceptors (Lipinski definition) is 5. The molecule has 1 saturated heterocycles. The van der Waals surface area contributed by atoms with Gasteiger partial charge in [-0.15, -0.1) is 0 Å². The average molecular weight is 535 g/mol. The summed E-state index contributed by atoms with van der Waals surface area (Å²) in [6.45, 7) is 0.534. The molecule has 1 aromatic heterocycles. The summed E-state index contributed by atoms with van der Waals surface area (Å²) in [5.41, 5.74) is 2.40. The Balaban J connectivity index is 1.39. The van der Waals surface area contributed by atoms with E-state index in [9.17, 15) is 9.18 Å². The van der Waals surface area contributed by atoms with Gasteiger partial charge in [-0.2, -0.15) is 0 Å². The molecule has 0 aliphatic carbocycles. The Hall–Kier alpha value is -4.62. The monoisotopic (exact) mass is 534 g/mol. The zero-order chi connectivity index (χ0) is 26.6. The van der Waals surface area contributed by atoms with Crippen molar-refractivity contribution in [3.8, 4) is 5.75 Å². The lowest BCUT2D eigenvalue weighted by Crippen LogP contribution is -2.28. The van der Waals surface area contributed by atoms with Crippen molar-refractivity contribution in [3.63, 3.8) is 0 Å². The van der Waals surface area contributed by atoms with Gasteiger partial charge in [0.2, 0.25) is 0 Å². The molecule has 0 unspecified atom stereocenters. The van der Waals surface area contributed by atoms with Crippen LogP contribution in [0.3, 0.4) is 0 Å². The third-order valence-corrected chi connectivity index (χ3v) is 7.28. The highest BCUT2D eigenvalue weighted by atomic mass is 32.2.